The number of anilines is 2. The minimum absolute atomic E-state index is 0.0183. The highest BCUT2D eigenvalue weighted by Gasteiger charge is 2.43. The zero-order valence-electron chi connectivity index (χ0n) is 15.7. The molecule has 0 radical (unpaired) electrons. The van der Waals surface area contributed by atoms with Gasteiger partial charge in [0, 0.05) is 30.4 Å². The summed E-state index contributed by atoms with van der Waals surface area (Å²) >= 11 is 0. The molecule has 1 aromatic carbocycles. The second-order valence-corrected chi connectivity index (χ2v) is 9.51. The molecule has 1 aliphatic heterocycles. The van der Waals surface area contributed by atoms with E-state index in [2.05, 4.69) is 10.3 Å². The van der Waals surface area contributed by atoms with Crippen molar-refractivity contribution < 1.29 is 22.4 Å². The molecule has 2 aromatic rings. The van der Waals surface area contributed by atoms with Crippen LogP contribution in [0.2, 0.25) is 0 Å². The number of rotatable bonds is 5. The molecule has 3 rings (SSSR count). The van der Waals surface area contributed by atoms with Gasteiger partial charge in [0.25, 0.3) is 5.91 Å². The van der Waals surface area contributed by atoms with Crippen LogP contribution in [-0.2, 0) is 20.0 Å². The number of amides is 2. The Hall–Kier alpha value is -2.81. The Balaban J connectivity index is 1.92. The molecule has 1 aliphatic rings. The minimum atomic E-state index is -3.26. The molecule has 0 bridgehead atoms. The van der Waals surface area contributed by atoms with Gasteiger partial charge < -0.3 is 10.2 Å². The number of fused-ring (bicyclic) bond motifs is 1. The van der Waals surface area contributed by atoms with Gasteiger partial charge in [-0.2, -0.15) is 0 Å². The first-order valence-electron chi connectivity index (χ1n) is 8.56. The Labute approximate surface area is 162 Å². The molecule has 0 fully saturated rings. The van der Waals surface area contributed by atoms with Crippen LogP contribution in [0.3, 0.4) is 0 Å². The van der Waals surface area contributed by atoms with Crippen LogP contribution in [0.5, 0.6) is 0 Å². The maximum atomic E-state index is 13.8. The van der Waals surface area contributed by atoms with Crippen molar-refractivity contribution in [2.24, 2.45) is 0 Å². The van der Waals surface area contributed by atoms with Gasteiger partial charge in [-0.1, -0.05) is 6.07 Å². The topological polar surface area (TPSA) is 96.4 Å². The molecule has 9 heteroatoms. The summed E-state index contributed by atoms with van der Waals surface area (Å²) in [6.45, 7) is 3.54. The summed E-state index contributed by atoms with van der Waals surface area (Å²) in [6, 6.07) is 6.21. The van der Waals surface area contributed by atoms with E-state index in [4.69, 9.17) is 0 Å². The number of hydrogen-bond acceptors (Lipinski definition) is 5. The summed E-state index contributed by atoms with van der Waals surface area (Å²) in [5, 5.41) is 2.60. The zero-order valence-corrected chi connectivity index (χ0v) is 16.5. The van der Waals surface area contributed by atoms with E-state index >= 15 is 0 Å². The predicted octanol–water partition coefficient (Wildman–Crippen LogP) is 2.14. The quantitative estimate of drug-likeness (QED) is 0.822. The third-order valence-electron chi connectivity index (χ3n) is 4.70. The van der Waals surface area contributed by atoms with Crippen LogP contribution in [0.25, 0.3) is 0 Å². The van der Waals surface area contributed by atoms with E-state index < -0.39 is 27.0 Å². The molecule has 2 heterocycles. The van der Waals surface area contributed by atoms with Gasteiger partial charge in [0.2, 0.25) is 5.91 Å². The number of nitrogens with one attached hydrogen (secondary N) is 1. The fourth-order valence-corrected chi connectivity index (χ4v) is 3.67. The van der Waals surface area contributed by atoms with E-state index in [0.717, 1.165) is 18.0 Å². The van der Waals surface area contributed by atoms with E-state index in [-0.39, 0.29) is 23.8 Å². The molecule has 28 heavy (non-hydrogen) atoms. The molecular weight excluding hydrogens is 385 g/mol. The lowest BCUT2D eigenvalue weighted by molar-refractivity contribution is -0.122. The highest BCUT2D eigenvalue weighted by molar-refractivity contribution is 7.90. The Morgan fingerprint density at radius 2 is 2.00 bits per heavy atom. The Morgan fingerprint density at radius 1 is 1.29 bits per heavy atom. The Bertz CT molecular complexity index is 1070. The fraction of sp³-hybridized carbons (Fsp3) is 0.316. The number of hydrogen-bond donors (Lipinski definition) is 1. The standard InChI is InChI=1S/C19H20FN3O4S/c1-19(2)14-5-4-12(22-17(24)13-6-7-21-11-15(13)20)10-16(14)23(18(19)25)8-9-28(3,26)27/h4-7,10-11H,8-9H2,1-3H3,(H,22,24). The molecule has 1 N–H and O–H groups in total. The molecule has 148 valence electrons. The lowest BCUT2D eigenvalue weighted by atomic mass is 9.86. The van der Waals surface area contributed by atoms with Crippen LogP contribution in [0.1, 0.15) is 29.8 Å². The average molecular weight is 405 g/mol. The lowest BCUT2D eigenvalue weighted by Gasteiger charge is -2.20. The van der Waals surface area contributed by atoms with Gasteiger partial charge in [0.05, 0.1) is 22.9 Å². The van der Waals surface area contributed by atoms with Crippen molar-refractivity contribution in [2.45, 2.75) is 19.3 Å². The maximum Gasteiger partial charge on any atom is 0.258 e. The Morgan fingerprint density at radius 3 is 2.64 bits per heavy atom. The van der Waals surface area contributed by atoms with Gasteiger partial charge >= 0.3 is 0 Å². The summed E-state index contributed by atoms with van der Waals surface area (Å²) in [5.41, 5.74) is 0.674. The van der Waals surface area contributed by atoms with Gasteiger partial charge in [-0.25, -0.2) is 12.8 Å². The minimum Gasteiger partial charge on any atom is -0.322 e. The normalized spacial score (nSPS) is 15.4. The molecule has 0 aliphatic carbocycles. The summed E-state index contributed by atoms with van der Waals surface area (Å²) in [5.74, 6) is -1.78. The molecule has 0 saturated carbocycles. The van der Waals surface area contributed by atoms with Crippen LogP contribution in [-0.4, -0.2) is 43.8 Å². The molecule has 0 unspecified atom stereocenters. The van der Waals surface area contributed by atoms with E-state index in [1.165, 1.54) is 17.2 Å². The summed E-state index contributed by atoms with van der Waals surface area (Å²) < 4.78 is 36.8. The number of halogens is 1. The smallest absolute Gasteiger partial charge is 0.258 e. The third kappa shape index (κ3) is 3.75. The van der Waals surface area contributed by atoms with Crippen molar-refractivity contribution in [1.82, 2.24) is 4.98 Å². The number of sulfone groups is 1. The number of benzene rings is 1. The van der Waals surface area contributed by atoms with Gasteiger partial charge in [-0.3, -0.25) is 14.6 Å². The number of pyridine rings is 1. The van der Waals surface area contributed by atoms with E-state index in [9.17, 15) is 22.4 Å². The highest BCUT2D eigenvalue weighted by Crippen LogP contribution is 2.42. The van der Waals surface area contributed by atoms with Crippen molar-refractivity contribution in [3.05, 3.63) is 53.6 Å². The molecule has 2 amide bonds. The molecule has 0 saturated heterocycles. The predicted molar refractivity (Wildman–Crippen MR) is 104 cm³/mol. The van der Waals surface area contributed by atoms with E-state index in [1.807, 2.05) is 0 Å². The van der Waals surface area contributed by atoms with Gasteiger partial charge in [0.15, 0.2) is 5.82 Å². The monoisotopic (exact) mass is 405 g/mol. The van der Waals surface area contributed by atoms with Gasteiger partial charge in [-0.05, 0) is 37.6 Å². The fourth-order valence-electron chi connectivity index (χ4n) is 3.16. The van der Waals surface area contributed by atoms with Crippen molar-refractivity contribution in [3.8, 4) is 0 Å². The van der Waals surface area contributed by atoms with Crippen LogP contribution in [0.15, 0.2) is 36.7 Å². The Kier molecular flexibility index (Phi) is 4.97. The van der Waals surface area contributed by atoms with Crippen molar-refractivity contribution in [1.29, 1.82) is 0 Å². The number of nitrogens with zero attached hydrogens (tertiary/aromatic N) is 2. The van der Waals surface area contributed by atoms with Crippen LogP contribution in [0.4, 0.5) is 15.8 Å². The van der Waals surface area contributed by atoms with Crippen molar-refractivity contribution in [3.63, 3.8) is 0 Å². The number of carbonyl (C=O) groups is 2. The third-order valence-corrected chi connectivity index (χ3v) is 5.63. The van der Waals surface area contributed by atoms with Crippen molar-refractivity contribution >= 4 is 33.0 Å². The number of aromatic nitrogens is 1. The summed E-state index contributed by atoms with van der Waals surface area (Å²) in [6.07, 6.45) is 3.38. The zero-order chi connectivity index (χ0) is 20.7. The van der Waals surface area contributed by atoms with Crippen LogP contribution >= 0.6 is 0 Å². The average Bonchev–Trinajstić information content (AvgIpc) is 2.79. The highest BCUT2D eigenvalue weighted by atomic mass is 32.2. The van der Waals surface area contributed by atoms with Crippen molar-refractivity contribution in [2.75, 3.05) is 28.8 Å². The number of carbonyl (C=O) groups excluding carboxylic acids is 2. The van der Waals surface area contributed by atoms with Crippen LogP contribution < -0.4 is 10.2 Å². The molecule has 7 nitrogen and oxygen atoms in total. The first-order chi connectivity index (χ1) is 13.0. The SMILES string of the molecule is CC1(C)C(=O)N(CCS(C)(=O)=O)c2cc(NC(=O)c3ccncc3F)ccc21. The van der Waals surface area contributed by atoms with E-state index in [1.54, 1.807) is 32.0 Å². The maximum absolute atomic E-state index is 13.8. The molecular formula is C19H20FN3O4S. The van der Waals surface area contributed by atoms with Gasteiger partial charge in [-0.15, -0.1) is 0 Å². The second-order valence-electron chi connectivity index (χ2n) is 7.25. The summed E-state index contributed by atoms with van der Waals surface area (Å²) in [7, 11) is -3.26. The first kappa shape index (κ1) is 19.9. The molecule has 1 aromatic heterocycles. The lowest BCUT2D eigenvalue weighted by Crippen LogP contribution is -2.38. The molecule has 0 atom stereocenters. The van der Waals surface area contributed by atoms with Crippen LogP contribution in [0, 0.1) is 5.82 Å². The van der Waals surface area contributed by atoms with E-state index in [0.29, 0.717) is 11.4 Å². The first-order valence-corrected chi connectivity index (χ1v) is 10.6. The second kappa shape index (κ2) is 6.97. The largest absolute Gasteiger partial charge is 0.322 e. The summed E-state index contributed by atoms with van der Waals surface area (Å²) in [4.78, 5) is 30.1. The molecule has 0 spiro atoms. The van der Waals surface area contributed by atoms with Gasteiger partial charge in [0.1, 0.15) is 9.84 Å².